The van der Waals surface area contributed by atoms with Crippen molar-refractivity contribution < 1.29 is 9.39 Å². The lowest BCUT2D eigenvalue weighted by molar-refractivity contribution is 0.178. The maximum atomic E-state index is 5.26. The Kier molecular flexibility index (Phi) is 9.33. The van der Waals surface area contributed by atoms with Crippen molar-refractivity contribution in [2.45, 2.75) is 46.0 Å². The summed E-state index contributed by atoms with van der Waals surface area (Å²) in [5.41, 5.74) is 0. The van der Waals surface area contributed by atoms with Gasteiger partial charge in [0.05, 0.1) is 12.4 Å². The molecule has 0 saturated carbocycles. The minimum absolute atomic E-state index is 0.291. The monoisotopic (exact) mass is 184 g/mol. The number of rotatable bonds is 8. The number of unbranched alkanes of at least 4 members (excludes halogenated alkanes) is 2. The fourth-order valence-corrected chi connectivity index (χ4v) is 0.891. The largest absolute Gasteiger partial charge is 0.499 e. The zero-order valence-corrected chi connectivity index (χ0v) is 9.08. The van der Waals surface area contributed by atoms with E-state index in [4.69, 9.17) is 9.39 Å². The van der Waals surface area contributed by atoms with Gasteiger partial charge in [-0.1, -0.05) is 6.82 Å². The number of ether oxygens (including phenoxy) is 1. The molecule has 0 aromatic rings. The molecule has 0 saturated heterocycles. The molecule has 0 spiro atoms. The van der Waals surface area contributed by atoms with Crippen molar-refractivity contribution in [2.24, 2.45) is 0 Å². The molecule has 0 aliphatic heterocycles. The van der Waals surface area contributed by atoms with E-state index in [2.05, 4.69) is 6.08 Å². The summed E-state index contributed by atoms with van der Waals surface area (Å²) in [6, 6.07) is 0. The fraction of sp³-hybridized carbons (Fsp3) is 0.800. The van der Waals surface area contributed by atoms with Crippen molar-refractivity contribution in [1.82, 2.24) is 0 Å². The molecule has 0 rings (SSSR count). The molecule has 0 unspecified atom stereocenters. The average molecular weight is 184 g/mol. The molecule has 0 fully saturated rings. The second-order valence-electron chi connectivity index (χ2n) is 3.25. The third-order valence-electron chi connectivity index (χ3n) is 1.56. The first-order valence-corrected chi connectivity index (χ1v) is 5.15. The van der Waals surface area contributed by atoms with E-state index in [1.807, 2.05) is 20.7 Å². The number of hydrogen-bond donors (Lipinski definition) is 0. The van der Waals surface area contributed by atoms with Crippen molar-refractivity contribution in [3.05, 3.63) is 12.3 Å². The van der Waals surface area contributed by atoms with E-state index in [1.54, 1.807) is 6.26 Å². The third kappa shape index (κ3) is 11.6. The van der Waals surface area contributed by atoms with Crippen LogP contribution in [-0.2, 0) is 9.39 Å². The van der Waals surface area contributed by atoms with E-state index < -0.39 is 0 Å². The lowest BCUT2D eigenvalue weighted by atomic mass is 10.1. The molecule has 0 aromatic carbocycles. The molecule has 0 N–H and O–H groups in total. The summed E-state index contributed by atoms with van der Waals surface area (Å²) in [5.74, 6) is 0. The average Bonchev–Trinajstić information content (AvgIpc) is 2.09. The zero-order valence-electron chi connectivity index (χ0n) is 9.08. The molecule has 0 amide bonds. The molecule has 2 nitrogen and oxygen atoms in total. The Morgan fingerprint density at radius 3 is 2.69 bits per heavy atom. The van der Waals surface area contributed by atoms with Gasteiger partial charge in [0.15, 0.2) is 0 Å². The first-order valence-electron chi connectivity index (χ1n) is 5.15. The van der Waals surface area contributed by atoms with Gasteiger partial charge < -0.3 is 9.39 Å². The Morgan fingerprint density at radius 1 is 1.31 bits per heavy atom. The zero-order chi connectivity index (χ0) is 9.94. The molecule has 0 aromatic heterocycles. The second-order valence-corrected chi connectivity index (χ2v) is 3.25. The third-order valence-corrected chi connectivity index (χ3v) is 1.56. The van der Waals surface area contributed by atoms with Crippen LogP contribution in [0.4, 0.5) is 0 Å². The lowest BCUT2D eigenvalue weighted by Crippen LogP contribution is -1.96. The number of hydrogen-bond acceptors (Lipinski definition) is 2. The molecule has 0 atom stereocenters. The van der Waals surface area contributed by atoms with Gasteiger partial charge in [0.25, 0.3) is 7.48 Å². The summed E-state index contributed by atoms with van der Waals surface area (Å²) in [4.78, 5) is 0. The standard InChI is InChI=1S/C10H21BO2/c1-10(2)12-8-6-4-5-7-9-13-11-3/h6,8,10-11H,4-5,7,9H2,1-3H3/b8-6+. The highest BCUT2D eigenvalue weighted by Gasteiger charge is 1.87. The summed E-state index contributed by atoms with van der Waals surface area (Å²) < 4.78 is 10.5. The molecule has 0 radical (unpaired) electrons. The van der Waals surface area contributed by atoms with E-state index in [0.717, 1.165) is 26.9 Å². The van der Waals surface area contributed by atoms with Crippen LogP contribution in [0.1, 0.15) is 33.1 Å². The maximum Gasteiger partial charge on any atom is 0.271 e. The minimum atomic E-state index is 0.291. The highest BCUT2D eigenvalue weighted by molar-refractivity contribution is 6.24. The quantitative estimate of drug-likeness (QED) is 0.328. The molecule has 13 heavy (non-hydrogen) atoms. The van der Waals surface area contributed by atoms with E-state index in [1.165, 1.54) is 6.42 Å². The van der Waals surface area contributed by atoms with Gasteiger partial charge >= 0.3 is 0 Å². The first-order chi connectivity index (χ1) is 6.27. The summed E-state index contributed by atoms with van der Waals surface area (Å²) in [5, 5.41) is 0. The van der Waals surface area contributed by atoms with Crippen molar-refractivity contribution in [3.63, 3.8) is 0 Å². The van der Waals surface area contributed by atoms with Crippen LogP contribution in [-0.4, -0.2) is 20.2 Å². The predicted octanol–water partition coefficient (Wildman–Crippen LogP) is 2.51. The van der Waals surface area contributed by atoms with Gasteiger partial charge in [-0.05, 0) is 39.2 Å². The van der Waals surface area contributed by atoms with E-state index in [9.17, 15) is 0 Å². The Morgan fingerprint density at radius 2 is 2.08 bits per heavy atom. The van der Waals surface area contributed by atoms with Crippen LogP contribution in [0.15, 0.2) is 12.3 Å². The van der Waals surface area contributed by atoms with Crippen molar-refractivity contribution in [3.8, 4) is 0 Å². The van der Waals surface area contributed by atoms with E-state index >= 15 is 0 Å². The van der Waals surface area contributed by atoms with Crippen molar-refractivity contribution in [1.29, 1.82) is 0 Å². The Balaban J connectivity index is 3.02. The normalized spacial score (nSPS) is 11.1. The summed E-state index contributed by atoms with van der Waals surface area (Å²) in [6.45, 7) is 6.96. The van der Waals surface area contributed by atoms with Crippen molar-refractivity contribution in [2.75, 3.05) is 6.61 Å². The Labute approximate surface area is 82.6 Å². The number of allylic oxidation sites excluding steroid dienone is 1. The second kappa shape index (κ2) is 9.65. The minimum Gasteiger partial charge on any atom is -0.499 e. The molecule has 0 aliphatic rings. The van der Waals surface area contributed by atoms with Gasteiger partial charge in [0, 0.05) is 6.61 Å². The molecule has 76 valence electrons. The van der Waals surface area contributed by atoms with Crippen LogP contribution >= 0.6 is 0 Å². The van der Waals surface area contributed by atoms with Gasteiger partial charge in [0.2, 0.25) is 0 Å². The molecule has 0 heterocycles. The first kappa shape index (κ1) is 12.6. The highest BCUT2D eigenvalue weighted by Crippen LogP contribution is 1.98. The van der Waals surface area contributed by atoms with Crippen LogP contribution in [0.3, 0.4) is 0 Å². The van der Waals surface area contributed by atoms with Gasteiger partial charge in [-0.15, -0.1) is 0 Å². The fourth-order valence-electron chi connectivity index (χ4n) is 0.891. The highest BCUT2D eigenvalue weighted by atomic mass is 16.5. The van der Waals surface area contributed by atoms with Crippen LogP contribution in [0.25, 0.3) is 0 Å². The summed E-state index contributed by atoms with van der Waals surface area (Å²) in [6.07, 6.45) is 7.56. The molecule has 0 aliphatic carbocycles. The van der Waals surface area contributed by atoms with Crippen LogP contribution in [0, 0.1) is 0 Å². The SMILES string of the molecule is CBOCCCC/C=C/OC(C)C. The van der Waals surface area contributed by atoms with Gasteiger partial charge in [-0.3, -0.25) is 0 Å². The lowest BCUT2D eigenvalue weighted by Gasteiger charge is -2.02. The maximum absolute atomic E-state index is 5.26. The van der Waals surface area contributed by atoms with Crippen LogP contribution in [0.2, 0.25) is 6.82 Å². The van der Waals surface area contributed by atoms with Crippen LogP contribution in [0.5, 0.6) is 0 Å². The smallest absolute Gasteiger partial charge is 0.271 e. The van der Waals surface area contributed by atoms with E-state index in [-0.39, 0.29) is 0 Å². The Hall–Kier alpha value is -0.435. The molecular weight excluding hydrogens is 163 g/mol. The van der Waals surface area contributed by atoms with Gasteiger partial charge in [-0.2, -0.15) is 0 Å². The predicted molar refractivity (Wildman–Crippen MR) is 58.2 cm³/mol. The van der Waals surface area contributed by atoms with Crippen LogP contribution < -0.4 is 0 Å². The summed E-state index contributed by atoms with van der Waals surface area (Å²) >= 11 is 0. The van der Waals surface area contributed by atoms with Crippen molar-refractivity contribution >= 4 is 7.48 Å². The van der Waals surface area contributed by atoms with Gasteiger partial charge in [-0.25, -0.2) is 0 Å². The summed E-state index contributed by atoms with van der Waals surface area (Å²) in [7, 11) is 0.826. The topological polar surface area (TPSA) is 18.5 Å². The molecular formula is C10H21BO2. The molecule has 3 heteroatoms. The molecule has 0 bridgehead atoms. The van der Waals surface area contributed by atoms with Gasteiger partial charge in [0.1, 0.15) is 0 Å². The van der Waals surface area contributed by atoms with E-state index in [0.29, 0.717) is 6.10 Å². The Bertz CT molecular complexity index is 124.